The monoisotopic (exact) mass is 386 g/mol. The Morgan fingerprint density at radius 1 is 1.00 bits per heavy atom. The number of ketones is 1. The molecule has 5 nitrogen and oxygen atoms in total. The Morgan fingerprint density at radius 2 is 1.76 bits per heavy atom. The molecule has 0 spiro atoms. The Kier molecular flexibility index (Phi) is 4.75. The van der Waals surface area contributed by atoms with Gasteiger partial charge in [-0.2, -0.15) is 0 Å². The molecule has 0 saturated carbocycles. The minimum Gasteiger partial charge on any atom is -0.478 e. The maximum absolute atomic E-state index is 14.0. The predicted octanol–water partition coefficient (Wildman–Crippen LogP) is 4.70. The number of benzene rings is 2. The van der Waals surface area contributed by atoms with E-state index in [1.165, 1.54) is 30.5 Å². The first-order valence-corrected chi connectivity index (χ1v) is 8.81. The summed E-state index contributed by atoms with van der Waals surface area (Å²) in [5.41, 5.74) is 3.29. The third kappa shape index (κ3) is 3.68. The van der Waals surface area contributed by atoms with Crippen molar-refractivity contribution in [2.24, 2.45) is 0 Å². The van der Waals surface area contributed by atoms with E-state index in [9.17, 15) is 14.0 Å². The average Bonchev–Trinajstić information content (AvgIpc) is 3.16. The maximum Gasteiger partial charge on any atom is 0.328 e. The number of halogens is 1. The Morgan fingerprint density at radius 3 is 2.48 bits per heavy atom. The fraction of sp³-hybridized carbons (Fsp3) is 0. The number of aliphatic carboxylic acids is 1. The molecule has 0 saturated heterocycles. The highest BCUT2D eigenvalue weighted by Crippen LogP contribution is 2.27. The van der Waals surface area contributed by atoms with E-state index in [0.29, 0.717) is 16.6 Å². The van der Waals surface area contributed by atoms with Crippen molar-refractivity contribution in [2.75, 3.05) is 0 Å². The molecule has 0 amide bonds. The van der Waals surface area contributed by atoms with Gasteiger partial charge >= 0.3 is 5.97 Å². The van der Waals surface area contributed by atoms with Crippen molar-refractivity contribution < 1.29 is 19.1 Å². The summed E-state index contributed by atoms with van der Waals surface area (Å²) in [6, 6.07) is 15.0. The van der Waals surface area contributed by atoms with E-state index in [-0.39, 0.29) is 5.56 Å². The molecule has 0 aliphatic heterocycles. The zero-order valence-corrected chi connectivity index (χ0v) is 15.1. The third-order valence-electron chi connectivity index (χ3n) is 4.56. The number of rotatable bonds is 5. The number of carbonyl (C=O) groups is 2. The van der Waals surface area contributed by atoms with Gasteiger partial charge in [0.25, 0.3) is 0 Å². The van der Waals surface area contributed by atoms with Gasteiger partial charge in [-0.3, -0.25) is 4.79 Å². The molecule has 2 aromatic carbocycles. The maximum atomic E-state index is 14.0. The van der Waals surface area contributed by atoms with Gasteiger partial charge in [0.05, 0.1) is 5.56 Å². The number of pyridine rings is 1. The molecule has 2 N–H and O–H groups in total. The van der Waals surface area contributed by atoms with Gasteiger partial charge in [-0.15, -0.1) is 0 Å². The molecule has 0 atom stereocenters. The fourth-order valence-electron chi connectivity index (χ4n) is 3.09. The molecule has 4 aromatic rings. The molecule has 142 valence electrons. The molecule has 2 aromatic heterocycles. The summed E-state index contributed by atoms with van der Waals surface area (Å²) < 4.78 is 14.0. The Balaban J connectivity index is 1.71. The van der Waals surface area contributed by atoms with Crippen LogP contribution in [0, 0.1) is 5.82 Å². The van der Waals surface area contributed by atoms with Crippen LogP contribution >= 0.6 is 0 Å². The number of hydrogen-bond acceptors (Lipinski definition) is 3. The van der Waals surface area contributed by atoms with Crippen LogP contribution in [0.5, 0.6) is 0 Å². The number of H-pyrrole nitrogens is 1. The molecular weight excluding hydrogens is 371 g/mol. The summed E-state index contributed by atoms with van der Waals surface area (Å²) in [7, 11) is 0. The molecule has 29 heavy (non-hydrogen) atoms. The smallest absolute Gasteiger partial charge is 0.328 e. The van der Waals surface area contributed by atoms with Crippen LogP contribution in [0.1, 0.15) is 21.5 Å². The van der Waals surface area contributed by atoms with Crippen molar-refractivity contribution >= 4 is 28.9 Å². The largest absolute Gasteiger partial charge is 0.478 e. The van der Waals surface area contributed by atoms with Crippen LogP contribution in [0.3, 0.4) is 0 Å². The lowest BCUT2D eigenvalue weighted by Gasteiger charge is -2.04. The van der Waals surface area contributed by atoms with Crippen LogP contribution < -0.4 is 0 Å². The van der Waals surface area contributed by atoms with Crippen molar-refractivity contribution in [1.29, 1.82) is 0 Å². The van der Waals surface area contributed by atoms with Crippen molar-refractivity contribution in [2.45, 2.75) is 0 Å². The van der Waals surface area contributed by atoms with E-state index in [1.54, 1.807) is 24.4 Å². The zero-order valence-electron chi connectivity index (χ0n) is 15.1. The second kappa shape index (κ2) is 7.52. The topological polar surface area (TPSA) is 83.0 Å². The number of aromatic nitrogens is 2. The van der Waals surface area contributed by atoms with Crippen LogP contribution in [0.4, 0.5) is 4.39 Å². The summed E-state index contributed by atoms with van der Waals surface area (Å²) in [6.45, 7) is 0. The SMILES string of the molecule is O=C(O)/C=C/c1ccc(-c2cnc3[nH]cc(C(=O)c4ccccc4F)c3c2)cc1. The van der Waals surface area contributed by atoms with Crippen LogP contribution in [0.25, 0.3) is 28.2 Å². The summed E-state index contributed by atoms with van der Waals surface area (Å²) in [6.07, 6.45) is 5.79. The number of fused-ring (bicyclic) bond motifs is 1. The number of carboxylic acid groups (broad SMARTS) is 1. The summed E-state index contributed by atoms with van der Waals surface area (Å²) >= 11 is 0. The van der Waals surface area contributed by atoms with E-state index in [1.807, 2.05) is 18.2 Å². The van der Waals surface area contributed by atoms with Gasteiger partial charge in [-0.25, -0.2) is 14.2 Å². The predicted molar refractivity (Wildman–Crippen MR) is 108 cm³/mol. The van der Waals surface area contributed by atoms with Crippen molar-refractivity contribution in [3.8, 4) is 11.1 Å². The standard InChI is InChI=1S/C23H15FN2O3/c24-20-4-2-1-3-17(20)22(29)19-13-26-23-18(19)11-16(12-25-23)15-8-5-14(6-9-15)7-10-21(27)28/h1-13H,(H,25,26)(H,27,28)/b10-7+. The first-order valence-electron chi connectivity index (χ1n) is 8.81. The van der Waals surface area contributed by atoms with E-state index in [4.69, 9.17) is 5.11 Å². The molecule has 0 bridgehead atoms. The minimum absolute atomic E-state index is 0.00775. The van der Waals surface area contributed by atoms with Crippen molar-refractivity contribution in [1.82, 2.24) is 9.97 Å². The molecule has 0 unspecified atom stereocenters. The quantitative estimate of drug-likeness (QED) is 0.385. The zero-order chi connectivity index (χ0) is 20.4. The number of carbonyl (C=O) groups excluding carboxylic acids is 1. The second-order valence-electron chi connectivity index (χ2n) is 6.43. The molecule has 2 heterocycles. The van der Waals surface area contributed by atoms with Gasteiger partial charge in [-0.05, 0) is 35.4 Å². The Hall–Kier alpha value is -4.06. The number of nitrogens with one attached hydrogen (secondary N) is 1. The molecule has 0 radical (unpaired) electrons. The van der Waals surface area contributed by atoms with Gasteiger partial charge in [0, 0.05) is 35.0 Å². The van der Waals surface area contributed by atoms with Gasteiger partial charge < -0.3 is 10.1 Å². The molecule has 0 aliphatic rings. The van der Waals surface area contributed by atoms with Crippen molar-refractivity contribution in [3.05, 3.63) is 95.6 Å². The highest BCUT2D eigenvalue weighted by molar-refractivity contribution is 6.16. The normalized spacial score (nSPS) is 11.2. The molecule has 0 fully saturated rings. The summed E-state index contributed by atoms with van der Waals surface area (Å²) in [5.74, 6) is -1.99. The number of hydrogen-bond donors (Lipinski definition) is 2. The molecular formula is C23H15FN2O3. The van der Waals surface area contributed by atoms with Gasteiger partial charge in [0.2, 0.25) is 0 Å². The van der Waals surface area contributed by atoms with Crippen LogP contribution in [-0.2, 0) is 4.79 Å². The van der Waals surface area contributed by atoms with E-state index in [0.717, 1.165) is 22.8 Å². The van der Waals surface area contributed by atoms with Crippen LogP contribution in [0.15, 0.2) is 73.1 Å². The second-order valence-corrected chi connectivity index (χ2v) is 6.43. The van der Waals surface area contributed by atoms with Gasteiger partial charge in [0.1, 0.15) is 11.5 Å². The van der Waals surface area contributed by atoms with Crippen LogP contribution in [-0.4, -0.2) is 26.8 Å². The molecule has 6 heteroatoms. The van der Waals surface area contributed by atoms with Gasteiger partial charge in [-0.1, -0.05) is 36.4 Å². The fourth-order valence-corrected chi connectivity index (χ4v) is 3.09. The van der Waals surface area contributed by atoms with E-state index < -0.39 is 17.6 Å². The number of nitrogens with zero attached hydrogens (tertiary/aromatic N) is 1. The third-order valence-corrected chi connectivity index (χ3v) is 4.56. The Bertz CT molecular complexity index is 1260. The van der Waals surface area contributed by atoms with E-state index in [2.05, 4.69) is 9.97 Å². The highest BCUT2D eigenvalue weighted by Gasteiger charge is 2.18. The lowest BCUT2D eigenvalue weighted by molar-refractivity contribution is -0.131. The van der Waals surface area contributed by atoms with E-state index >= 15 is 0 Å². The van der Waals surface area contributed by atoms with Crippen molar-refractivity contribution in [3.63, 3.8) is 0 Å². The summed E-state index contributed by atoms with van der Waals surface area (Å²) in [5, 5.41) is 9.31. The number of aromatic amines is 1. The first-order chi connectivity index (χ1) is 14.0. The van der Waals surface area contributed by atoms with Gasteiger partial charge in [0.15, 0.2) is 5.78 Å². The van der Waals surface area contributed by atoms with Crippen LogP contribution in [0.2, 0.25) is 0 Å². The lowest BCUT2D eigenvalue weighted by Crippen LogP contribution is -2.03. The molecule has 4 rings (SSSR count). The number of carboxylic acids is 1. The Labute approximate surface area is 165 Å². The first kappa shape index (κ1) is 18.3. The lowest BCUT2D eigenvalue weighted by atomic mass is 10.0. The average molecular weight is 386 g/mol. The minimum atomic E-state index is -1.01. The summed E-state index contributed by atoms with van der Waals surface area (Å²) in [4.78, 5) is 30.8. The molecule has 0 aliphatic carbocycles. The highest BCUT2D eigenvalue weighted by atomic mass is 19.1.